The Morgan fingerprint density at radius 1 is 0.792 bits per heavy atom. The number of likely N-dealkylation sites (tertiary alicyclic amines) is 1. The molecule has 142 valence electrons. The van der Waals surface area contributed by atoms with E-state index in [2.05, 4.69) is 81.1 Å². The van der Waals surface area contributed by atoms with E-state index in [1.54, 1.807) is 0 Å². The summed E-state index contributed by atoms with van der Waals surface area (Å²) in [5, 5.41) is 0. The molecule has 1 fully saturated rings. The molecule has 1 aliphatic rings. The van der Waals surface area contributed by atoms with Gasteiger partial charge in [-0.15, -0.1) is 0 Å². The molecule has 4 unspecified atom stereocenters. The molecule has 1 rings (SSSR count). The van der Waals surface area contributed by atoms with Gasteiger partial charge in [0.2, 0.25) is 5.91 Å². The number of hydrogen-bond donors (Lipinski definition) is 0. The Balaban J connectivity index is 3.56. The third kappa shape index (κ3) is 4.35. The molecule has 1 amide bonds. The monoisotopic (exact) mass is 337 g/mol. The molecule has 1 saturated heterocycles. The molecule has 2 heteroatoms. The van der Waals surface area contributed by atoms with Gasteiger partial charge >= 0.3 is 0 Å². The summed E-state index contributed by atoms with van der Waals surface area (Å²) in [4.78, 5) is 15.8. The van der Waals surface area contributed by atoms with Crippen LogP contribution in [0.2, 0.25) is 0 Å². The third-order valence-corrected chi connectivity index (χ3v) is 6.22. The average molecular weight is 338 g/mol. The van der Waals surface area contributed by atoms with Gasteiger partial charge in [-0.05, 0) is 62.2 Å². The number of nitrogens with zero attached hydrogens (tertiary/aromatic N) is 1. The fraction of sp³-hybridized carbons (Fsp3) is 0.955. The lowest BCUT2D eigenvalue weighted by molar-refractivity contribution is -0.143. The van der Waals surface area contributed by atoms with Crippen molar-refractivity contribution in [2.75, 3.05) is 6.54 Å². The Labute approximate surface area is 151 Å². The van der Waals surface area contributed by atoms with Crippen LogP contribution in [-0.2, 0) is 4.79 Å². The van der Waals surface area contributed by atoms with Gasteiger partial charge in [-0.1, -0.05) is 55.4 Å². The van der Waals surface area contributed by atoms with E-state index in [0.29, 0.717) is 47.3 Å². The lowest BCUT2D eigenvalue weighted by atomic mass is 9.62. The Morgan fingerprint density at radius 3 is 1.54 bits per heavy atom. The summed E-state index contributed by atoms with van der Waals surface area (Å²) < 4.78 is 0. The maximum atomic E-state index is 13.6. The normalized spacial score (nSPS) is 30.0. The highest BCUT2D eigenvalue weighted by atomic mass is 16.2. The molecule has 0 aromatic carbocycles. The fourth-order valence-corrected chi connectivity index (χ4v) is 5.08. The highest BCUT2D eigenvalue weighted by Gasteiger charge is 2.49. The molecule has 0 saturated carbocycles. The SMILES string of the molecule is CC(C)C1CN(C(C)(C)C)C(=O)C(C(C)C)C(C(C)C)C1C(C)C. The molecule has 0 spiro atoms. The van der Waals surface area contributed by atoms with Gasteiger partial charge < -0.3 is 4.90 Å². The number of amides is 1. The highest BCUT2D eigenvalue weighted by molar-refractivity contribution is 5.80. The number of carbonyl (C=O) groups is 1. The van der Waals surface area contributed by atoms with Crippen molar-refractivity contribution < 1.29 is 4.79 Å². The molecule has 2 nitrogen and oxygen atoms in total. The molecule has 0 bridgehead atoms. The zero-order valence-electron chi connectivity index (χ0n) is 18.2. The van der Waals surface area contributed by atoms with Crippen molar-refractivity contribution in [2.45, 2.75) is 81.7 Å². The maximum absolute atomic E-state index is 13.6. The number of rotatable bonds is 4. The smallest absolute Gasteiger partial charge is 0.226 e. The van der Waals surface area contributed by atoms with Gasteiger partial charge in [0.15, 0.2) is 0 Å². The van der Waals surface area contributed by atoms with Crippen LogP contribution in [0.15, 0.2) is 0 Å². The van der Waals surface area contributed by atoms with Crippen LogP contribution >= 0.6 is 0 Å². The van der Waals surface area contributed by atoms with Gasteiger partial charge in [0.1, 0.15) is 0 Å². The van der Waals surface area contributed by atoms with Crippen molar-refractivity contribution in [3.63, 3.8) is 0 Å². The van der Waals surface area contributed by atoms with E-state index in [-0.39, 0.29) is 11.5 Å². The third-order valence-electron chi connectivity index (χ3n) is 6.22. The first-order valence-corrected chi connectivity index (χ1v) is 10.1. The van der Waals surface area contributed by atoms with Crippen molar-refractivity contribution in [3.8, 4) is 0 Å². The molecule has 1 heterocycles. The first kappa shape index (κ1) is 21.5. The van der Waals surface area contributed by atoms with Crippen molar-refractivity contribution in [3.05, 3.63) is 0 Å². The van der Waals surface area contributed by atoms with E-state index >= 15 is 0 Å². The summed E-state index contributed by atoms with van der Waals surface area (Å²) in [5.74, 6) is 4.32. The van der Waals surface area contributed by atoms with E-state index < -0.39 is 0 Å². The highest BCUT2D eigenvalue weighted by Crippen LogP contribution is 2.47. The Morgan fingerprint density at radius 2 is 1.25 bits per heavy atom. The molecule has 1 aliphatic heterocycles. The van der Waals surface area contributed by atoms with Crippen molar-refractivity contribution >= 4 is 5.91 Å². The molecule has 0 N–H and O–H groups in total. The second-order valence-electron chi connectivity index (χ2n) is 10.4. The van der Waals surface area contributed by atoms with E-state index in [4.69, 9.17) is 0 Å². The second kappa shape index (κ2) is 7.79. The van der Waals surface area contributed by atoms with Gasteiger partial charge in [0.05, 0.1) is 0 Å². The topological polar surface area (TPSA) is 20.3 Å². The lowest BCUT2D eigenvalue weighted by Gasteiger charge is -2.42. The van der Waals surface area contributed by atoms with Crippen LogP contribution in [0.3, 0.4) is 0 Å². The Kier molecular flexibility index (Phi) is 6.98. The largest absolute Gasteiger partial charge is 0.337 e. The summed E-state index contributed by atoms with van der Waals surface area (Å²) in [6.45, 7) is 26.1. The summed E-state index contributed by atoms with van der Waals surface area (Å²) in [5.41, 5.74) is -0.106. The average Bonchev–Trinajstić information content (AvgIpc) is 2.51. The minimum Gasteiger partial charge on any atom is -0.337 e. The number of hydrogen-bond acceptors (Lipinski definition) is 1. The predicted molar refractivity (Wildman–Crippen MR) is 105 cm³/mol. The molecular weight excluding hydrogens is 294 g/mol. The fourth-order valence-electron chi connectivity index (χ4n) is 5.08. The van der Waals surface area contributed by atoms with Crippen LogP contribution in [-0.4, -0.2) is 22.9 Å². The summed E-state index contributed by atoms with van der Waals surface area (Å²) >= 11 is 0. The van der Waals surface area contributed by atoms with Crippen LogP contribution in [0.1, 0.15) is 76.2 Å². The Bertz CT molecular complexity index is 416. The summed E-state index contributed by atoms with van der Waals surface area (Å²) in [6, 6.07) is 0. The van der Waals surface area contributed by atoms with Crippen LogP contribution in [0, 0.1) is 47.3 Å². The van der Waals surface area contributed by atoms with Gasteiger partial charge in [0.25, 0.3) is 0 Å². The van der Waals surface area contributed by atoms with E-state index in [0.717, 1.165) is 6.54 Å². The van der Waals surface area contributed by atoms with Crippen molar-refractivity contribution in [2.24, 2.45) is 47.3 Å². The van der Waals surface area contributed by atoms with Crippen LogP contribution in [0.5, 0.6) is 0 Å². The van der Waals surface area contributed by atoms with E-state index in [1.807, 2.05) is 0 Å². The van der Waals surface area contributed by atoms with E-state index in [1.165, 1.54) is 0 Å². The summed E-state index contributed by atoms with van der Waals surface area (Å²) in [7, 11) is 0. The van der Waals surface area contributed by atoms with Crippen LogP contribution < -0.4 is 0 Å². The first-order valence-electron chi connectivity index (χ1n) is 10.1. The summed E-state index contributed by atoms with van der Waals surface area (Å²) in [6.07, 6.45) is 0. The lowest BCUT2D eigenvalue weighted by Crippen LogP contribution is -2.50. The first-order chi connectivity index (χ1) is 10.8. The van der Waals surface area contributed by atoms with Crippen LogP contribution in [0.25, 0.3) is 0 Å². The molecule has 24 heavy (non-hydrogen) atoms. The quantitative estimate of drug-likeness (QED) is 0.643. The van der Waals surface area contributed by atoms with Gasteiger partial charge in [0, 0.05) is 18.0 Å². The van der Waals surface area contributed by atoms with Crippen molar-refractivity contribution in [1.82, 2.24) is 4.90 Å². The molecule has 0 aromatic rings. The molecule has 0 aliphatic carbocycles. The zero-order valence-corrected chi connectivity index (χ0v) is 18.2. The second-order valence-corrected chi connectivity index (χ2v) is 10.4. The number of carbonyl (C=O) groups excluding carboxylic acids is 1. The van der Waals surface area contributed by atoms with Gasteiger partial charge in [-0.3, -0.25) is 4.79 Å². The minimum atomic E-state index is -0.106. The van der Waals surface area contributed by atoms with Gasteiger partial charge in [-0.25, -0.2) is 0 Å². The van der Waals surface area contributed by atoms with Gasteiger partial charge in [-0.2, -0.15) is 0 Å². The molecule has 0 radical (unpaired) electrons. The van der Waals surface area contributed by atoms with E-state index in [9.17, 15) is 4.79 Å². The van der Waals surface area contributed by atoms with Crippen LogP contribution in [0.4, 0.5) is 0 Å². The zero-order chi connectivity index (χ0) is 19.0. The van der Waals surface area contributed by atoms with Crippen molar-refractivity contribution in [1.29, 1.82) is 0 Å². The Hall–Kier alpha value is -0.530. The standard InChI is InChI=1S/C22H43NO/c1-13(2)17-12-23(22(9,10)11)21(24)20(16(7)8)19(15(5)6)18(17)14(3)4/h13-20H,12H2,1-11H3. The molecule has 0 aromatic heterocycles. The maximum Gasteiger partial charge on any atom is 0.226 e. The molecule has 4 atom stereocenters. The minimum absolute atomic E-state index is 0.106. The molecular formula is C22H43NO. The predicted octanol–water partition coefficient (Wildman–Crippen LogP) is 5.72.